The van der Waals surface area contributed by atoms with Crippen molar-refractivity contribution < 1.29 is 9.53 Å². The van der Waals surface area contributed by atoms with E-state index >= 15 is 0 Å². The molecule has 1 aromatic carbocycles. The number of carbonyl (C=O) groups excluding carboxylic acids is 1. The standard InChI is InChI=1S/C13H10Br3NO2S/c1-19-13(18)11(10-6-8(15)12(16)20-10)17-9-5-3-2-4-7(9)14/h2-6,11,17H,1H3. The summed E-state index contributed by atoms with van der Waals surface area (Å²) >= 11 is 11.8. The zero-order chi connectivity index (χ0) is 14.7. The first-order chi connectivity index (χ1) is 9.52. The van der Waals surface area contributed by atoms with Crippen LogP contribution >= 0.6 is 59.1 Å². The van der Waals surface area contributed by atoms with Gasteiger partial charge in [0.05, 0.1) is 10.9 Å². The Morgan fingerprint density at radius 2 is 1.95 bits per heavy atom. The van der Waals surface area contributed by atoms with Gasteiger partial charge < -0.3 is 10.1 Å². The van der Waals surface area contributed by atoms with Crippen molar-refractivity contribution in [3.05, 3.63) is 47.9 Å². The van der Waals surface area contributed by atoms with Crippen molar-refractivity contribution in [2.75, 3.05) is 12.4 Å². The predicted molar refractivity (Wildman–Crippen MR) is 92.2 cm³/mol. The van der Waals surface area contributed by atoms with Gasteiger partial charge in [0.15, 0.2) is 6.04 Å². The van der Waals surface area contributed by atoms with E-state index in [-0.39, 0.29) is 5.97 Å². The number of esters is 1. The lowest BCUT2D eigenvalue weighted by atomic mass is 10.2. The van der Waals surface area contributed by atoms with Crippen LogP contribution in [0.3, 0.4) is 0 Å². The second-order valence-corrected chi connectivity index (χ2v) is 7.96. The van der Waals surface area contributed by atoms with Gasteiger partial charge in [-0.05, 0) is 66.0 Å². The highest BCUT2D eigenvalue weighted by molar-refractivity contribution is 9.13. The van der Waals surface area contributed by atoms with E-state index in [1.165, 1.54) is 18.4 Å². The number of benzene rings is 1. The molecule has 1 atom stereocenters. The highest BCUT2D eigenvalue weighted by Gasteiger charge is 2.24. The summed E-state index contributed by atoms with van der Waals surface area (Å²) in [6.07, 6.45) is 0. The Morgan fingerprint density at radius 1 is 1.25 bits per heavy atom. The van der Waals surface area contributed by atoms with Crippen molar-refractivity contribution in [2.24, 2.45) is 0 Å². The van der Waals surface area contributed by atoms with E-state index in [9.17, 15) is 4.79 Å². The van der Waals surface area contributed by atoms with Gasteiger partial charge in [-0.25, -0.2) is 4.79 Å². The minimum absolute atomic E-state index is 0.331. The van der Waals surface area contributed by atoms with E-state index < -0.39 is 6.04 Å². The molecule has 0 aliphatic heterocycles. The molecule has 2 rings (SSSR count). The SMILES string of the molecule is COC(=O)C(Nc1ccccc1Br)c1cc(Br)c(Br)s1. The van der Waals surface area contributed by atoms with Crippen molar-refractivity contribution in [1.29, 1.82) is 0 Å². The Hall–Kier alpha value is -0.370. The number of ether oxygens (including phenoxy) is 1. The molecule has 1 unspecified atom stereocenters. The highest BCUT2D eigenvalue weighted by atomic mass is 79.9. The number of anilines is 1. The molecule has 0 fully saturated rings. The molecule has 2 aromatic rings. The average molecular weight is 484 g/mol. The lowest BCUT2D eigenvalue weighted by Gasteiger charge is -2.17. The number of hydrogen-bond donors (Lipinski definition) is 1. The van der Waals surface area contributed by atoms with E-state index in [4.69, 9.17) is 4.74 Å². The van der Waals surface area contributed by atoms with E-state index in [2.05, 4.69) is 53.1 Å². The van der Waals surface area contributed by atoms with Crippen molar-refractivity contribution in [3.8, 4) is 0 Å². The van der Waals surface area contributed by atoms with Gasteiger partial charge in [-0.1, -0.05) is 12.1 Å². The summed E-state index contributed by atoms with van der Waals surface area (Å²) in [5.74, 6) is -0.331. The van der Waals surface area contributed by atoms with E-state index in [0.29, 0.717) is 0 Å². The normalized spacial score (nSPS) is 12.0. The molecule has 0 bridgehead atoms. The molecule has 7 heteroatoms. The second kappa shape index (κ2) is 7.06. The minimum Gasteiger partial charge on any atom is -0.467 e. The van der Waals surface area contributed by atoms with Gasteiger partial charge >= 0.3 is 5.97 Å². The summed E-state index contributed by atoms with van der Waals surface area (Å²) < 4.78 is 7.64. The molecule has 0 saturated heterocycles. The first-order valence-electron chi connectivity index (χ1n) is 5.56. The molecular weight excluding hydrogens is 474 g/mol. The third kappa shape index (κ3) is 3.63. The van der Waals surface area contributed by atoms with E-state index in [1.54, 1.807) is 0 Å². The van der Waals surface area contributed by atoms with Gasteiger partial charge in [-0.2, -0.15) is 0 Å². The molecule has 1 aromatic heterocycles. The number of thiophene rings is 1. The van der Waals surface area contributed by atoms with Gasteiger partial charge in [-0.15, -0.1) is 11.3 Å². The first-order valence-corrected chi connectivity index (χ1v) is 8.76. The maximum Gasteiger partial charge on any atom is 0.333 e. The van der Waals surface area contributed by atoms with Gasteiger partial charge in [0.2, 0.25) is 0 Å². The molecule has 1 N–H and O–H groups in total. The van der Waals surface area contributed by atoms with Crippen molar-refractivity contribution in [2.45, 2.75) is 6.04 Å². The van der Waals surface area contributed by atoms with Crippen LogP contribution in [0.4, 0.5) is 5.69 Å². The average Bonchev–Trinajstić information content (AvgIpc) is 2.76. The van der Waals surface area contributed by atoms with Gasteiger partial charge in [0, 0.05) is 19.5 Å². The number of hydrogen-bond acceptors (Lipinski definition) is 4. The molecule has 0 spiro atoms. The van der Waals surface area contributed by atoms with E-state index in [0.717, 1.165) is 23.3 Å². The number of nitrogens with one attached hydrogen (secondary N) is 1. The minimum atomic E-state index is -0.550. The molecule has 1 heterocycles. The van der Waals surface area contributed by atoms with Gasteiger partial charge in [0.1, 0.15) is 0 Å². The molecular formula is C13H10Br3NO2S. The highest BCUT2D eigenvalue weighted by Crippen LogP contribution is 2.37. The lowest BCUT2D eigenvalue weighted by molar-refractivity contribution is -0.141. The van der Waals surface area contributed by atoms with Crippen LogP contribution in [-0.4, -0.2) is 13.1 Å². The van der Waals surface area contributed by atoms with Crippen LogP contribution < -0.4 is 5.32 Å². The molecule has 0 amide bonds. The summed E-state index contributed by atoms with van der Waals surface area (Å²) in [5.41, 5.74) is 0.837. The van der Waals surface area contributed by atoms with Crippen LogP contribution in [0.25, 0.3) is 0 Å². The van der Waals surface area contributed by atoms with Crippen LogP contribution in [0.1, 0.15) is 10.9 Å². The molecule has 20 heavy (non-hydrogen) atoms. The van der Waals surface area contributed by atoms with Crippen LogP contribution in [0.2, 0.25) is 0 Å². The number of carbonyl (C=O) groups is 1. The lowest BCUT2D eigenvalue weighted by Crippen LogP contribution is -2.21. The Balaban J connectivity index is 2.34. The fourth-order valence-electron chi connectivity index (χ4n) is 1.60. The van der Waals surface area contributed by atoms with Crippen molar-refractivity contribution >= 4 is 70.8 Å². The quantitative estimate of drug-likeness (QED) is 0.595. The zero-order valence-corrected chi connectivity index (χ0v) is 15.9. The Labute approximate surface area is 146 Å². The van der Waals surface area contributed by atoms with Crippen LogP contribution in [0.15, 0.2) is 43.1 Å². The summed E-state index contributed by atoms with van der Waals surface area (Å²) in [4.78, 5) is 12.9. The topological polar surface area (TPSA) is 38.3 Å². The van der Waals surface area contributed by atoms with Gasteiger partial charge in [0.25, 0.3) is 0 Å². The molecule has 106 valence electrons. The number of rotatable bonds is 4. The number of para-hydroxylation sites is 1. The van der Waals surface area contributed by atoms with Crippen LogP contribution in [0, 0.1) is 0 Å². The fraction of sp³-hybridized carbons (Fsp3) is 0.154. The fourth-order valence-corrected chi connectivity index (χ4v) is 4.13. The zero-order valence-electron chi connectivity index (χ0n) is 10.3. The smallest absolute Gasteiger partial charge is 0.333 e. The molecule has 0 aliphatic rings. The number of halogens is 3. The summed E-state index contributed by atoms with van der Waals surface area (Å²) in [6, 6.07) is 8.99. The molecule has 3 nitrogen and oxygen atoms in total. The second-order valence-electron chi connectivity index (χ2n) is 3.85. The maximum absolute atomic E-state index is 12.0. The molecule has 0 radical (unpaired) electrons. The third-order valence-electron chi connectivity index (χ3n) is 2.56. The monoisotopic (exact) mass is 481 g/mol. The number of methoxy groups -OCH3 is 1. The van der Waals surface area contributed by atoms with Crippen LogP contribution in [0.5, 0.6) is 0 Å². The van der Waals surface area contributed by atoms with Crippen LogP contribution in [-0.2, 0) is 9.53 Å². The predicted octanol–water partition coefficient (Wildman–Crippen LogP) is 5.36. The summed E-state index contributed by atoms with van der Waals surface area (Å²) in [7, 11) is 1.38. The van der Waals surface area contributed by atoms with E-state index in [1.807, 2.05) is 30.3 Å². The summed E-state index contributed by atoms with van der Waals surface area (Å²) in [6.45, 7) is 0. The molecule has 0 saturated carbocycles. The third-order valence-corrected chi connectivity index (χ3v) is 6.57. The Bertz CT molecular complexity index is 610. The van der Waals surface area contributed by atoms with Crippen molar-refractivity contribution in [3.63, 3.8) is 0 Å². The largest absolute Gasteiger partial charge is 0.467 e. The summed E-state index contributed by atoms with van der Waals surface area (Å²) in [5, 5.41) is 3.20. The Kier molecular flexibility index (Phi) is 5.65. The maximum atomic E-state index is 12.0. The first kappa shape index (κ1) is 16.0. The van der Waals surface area contributed by atoms with Gasteiger partial charge in [-0.3, -0.25) is 0 Å². The van der Waals surface area contributed by atoms with Crippen molar-refractivity contribution in [1.82, 2.24) is 0 Å². The molecule has 0 aliphatic carbocycles. The Morgan fingerprint density at radius 3 is 2.50 bits per heavy atom.